The molecular formula is C16H16BrNO3. The summed E-state index contributed by atoms with van der Waals surface area (Å²) in [6.07, 6.45) is 0. The Bertz CT molecular complexity index is 658. The third kappa shape index (κ3) is 3.55. The quantitative estimate of drug-likeness (QED) is 0.919. The van der Waals surface area contributed by atoms with Crippen molar-refractivity contribution in [3.63, 3.8) is 0 Å². The summed E-state index contributed by atoms with van der Waals surface area (Å²) in [5, 5.41) is 9.88. The molecule has 2 aromatic carbocycles. The molecule has 0 atom stereocenters. The van der Waals surface area contributed by atoms with Gasteiger partial charge in [-0.3, -0.25) is 4.79 Å². The van der Waals surface area contributed by atoms with Crippen molar-refractivity contribution in [1.82, 2.24) is 4.90 Å². The Morgan fingerprint density at radius 1 is 1.29 bits per heavy atom. The highest BCUT2D eigenvalue weighted by Gasteiger charge is 2.17. The molecule has 0 heterocycles. The van der Waals surface area contributed by atoms with Crippen LogP contribution in [0, 0.1) is 0 Å². The smallest absolute Gasteiger partial charge is 0.257 e. The SMILES string of the molecule is COc1ccccc1CN(C)C(=O)c1ccc(Br)cc1O. The zero-order chi connectivity index (χ0) is 15.4. The second kappa shape index (κ2) is 6.63. The molecule has 0 spiro atoms. The van der Waals surface area contributed by atoms with Gasteiger partial charge in [0.2, 0.25) is 0 Å². The molecule has 1 amide bonds. The summed E-state index contributed by atoms with van der Waals surface area (Å²) in [4.78, 5) is 13.9. The molecule has 21 heavy (non-hydrogen) atoms. The zero-order valence-corrected chi connectivity index (χ0v) is 13.4. The van der Waals surface area contributed by atoms with Gasteiger partial charge in [0.25, 0.3) is 5.91 Å². The molecule has 0 saturated heterocycles. The standard InChI is InChI=1S/C16H16BrNO3/c1-18(10-11-5-3-4-6-15(11)21-2)16(20)13-8-7-12(17)9-14(13)19/h3-9,19H,10H2,1-2H3. The number of halogens is 1. The lowest BCUT2D eigenvalue weighted by Gasteiger charge is -2.19. The molecule has 110 valence electrons. The highest BCUT2D eigenvalue weighted by atomic mass is 79.9. The number of para-hydroxylation sites is 1. The number of aromatic hydroxyl groups is 1. The van der Waals surface area contributed by atoms with E-state index in [0.717, 1.165) is 15.8 Å². The van der Waals surface area contributed by atoms with E-state index in [4.69, 9.17) is 4.74 Å². The van der Waals surface area contributed by atoms with Gasteiger partial charge in [0.15, 0.2) is 0 Å². The lowest BCUT2D eigenvalue weighted by Crippen LogP contribution is -2.26. The van der Waals surface area contributed by atoms with Crippen LogP contribution in [0.2, 0.25) is 0 Å². The second-order valence-electron chi connectivity index (χ2n) is 4.63. The number of phenols is 1. The van der Waals surface area contributed by atoms with Gasteiger partial charge in [0, 0.05) is 23.6 Å². The molecule has 0 unspecified atom stereocenters. The van der Waals surface area contributed by atoms with E-state index >= 15 is 0 Å². The fourth-order valence-electron chi connectivity index (χ4n) is 2.05. The fraction of sp³-hybridized carbons (Fsp3) is 0.188. The van der Waals surface area contributed by atoms with Crippen molar-refractivity contribution in [3.05, 3.63) is 58.1 Å². The highest BCUT2D eigenvalue weighted by molar-refractivity contribution is 9.10. The number of hydrogen-bond acceptors (Lipinski definition) is 3. The van der Waals surface area contributed by atoms with Crippen molar-refractivity contribution in [2.75, 3.05) is 14.2 Å². The molecule has 5 heteroatoms. The normalized spacial score (nSPS) is 10.2. The topological polar surface area (TPSA) is 49.8 Å². The number of nitrogens with zero attached hydrogens (tertiary/aromatic N) is 1. The Balaban J connectivity index is 2.19. The predicted octanol–water partition coefficient (Wildman–Crippen LogP) is 3.44. The minimum Gasteiger partial charge on any atom is -0.507 e. The maximum absolute atomic E-state index is 12.4. The molecule has 0 saturated carbocycles. The lowest BCUT2D eigenvalue weighted by molar-refractivity contribution is 0.0781. The molecule has 0 aromatic heterocycles. The van der Waals surface area contributed by atoms with Gasteiger partial charge in [-0.05, 0) is 24.3 Å². The maximum Gasteiger partial charge on any atom is 0.257 e. The summed E-state index contributed by atoms with van der Waals surface area (Å²) in [7, 11) is 3.29. The second-order valence-corrected chi connectivity index (χ2v) is 5.55. The van der Waals surface area contributed by atoms with Crippen LogP contribution in [0.25, 0.3) is 0 Å². The van der Waals surface area contributed by atoms with Gasteiger partial charge in [-0.25, -0.2) is 0 Å². The van der Waals surface area contributed by atoms with Crippen molar-refractivity contribution in [1.29, 1.82) is 0 Å². The third-order valence-electron chi connectivity index (χ3n) is 3.14. The lowest BCUT2D eigenvalue weighted by atomic mass is 10.1. The molecule has 4 nitrogen and oxygen atoms in total. The van der Waals surface area contributed by atoms with E-state index in [1.807, 2.05) is 24.3 Å². The van der Waals surface area contributed by atoms with Gasteiger partial charge >= 0.3 is 0 Å². The van der Waals surface area contributed by atoms with Crippen LogP contribution < -0.4 is 4.74 Å². The average Bonchev–Trinajstić information content (AvgIpc) is 2.47. The Morgan fingerprint density at radius 2 is 2.00 bits per heavy atom. The van der Waals surface area contributed by atoms with Crippen LogP contribution >= 0.6 is 15.9 Å². The molecule has 0 radical (unpaired) electrons. The van der Waals surface area contributed by atoms with E-state index in [2.05, 4.69) is 15.9 Å². The Kier molecular flexibility index (Phi) is 4.85. The first kappa shape index (κ1) is 15.4. The van der Waals surface area contributed by atoms with E-state index in [9.17, 15) is 9.90 Å². The van der Waals surface area contributed by atoms with Crippen molar-refractivity contribution < 1.29 is 14.6 Å². The van der Waals surface area contributed by atoms with Gasteiger partial charge < -0.3 is 14.7 Å². The Labute approximate surface area is 132 Å². The van der Waals surface area contributed by atoms with Crippen LogP contribution in [-0.2, 0) is 6.54 Å². The van der Waals surface area contributed by atoms with Crippen LogP contribution in [0.3, 0.4) is 0 Å². The number of carbonyl (C=O) groups excluding carboxylic acids is 1. The van der Waals surface area contributed by atoms with Gasteiger partial charge in [0.1, 0.15) is 11.5 Å². The highest BCUT2D eigenvalue weighted by Crippen LogP contribution is 2.25. The number of hydrogen-bond donors (Lipinski definition) is 1. The Morgan fingerprint density at radius 3 is 2.67 bits per heavy atom. The van der Waals surface area contributed by atoms with E-state index in [-0.39, 0.29) is 17.2 Å². The van der Waals surface area contributed by atoms with Crippen molar-refractivity contribution in [2.24, 2.45) is 0 Å². The average molecular weight is 350 g/mol. The maximum atomic E-state index is 12.4. The van der Waals surface area contributed by atoms with E-state index < -0.39 is 0 Å². The number of benzene rings is 2. The van der Waals surface area contributed by atoms with E-state index in [0.29, 0.717) is 6.54 Å². The molecule has 0 aliphatic heterocycles. The van der Waals surface area contributed by atoms with Crippen LogP contribution in [0.15, 0.2) is 46.9 Å². The number of rotatable bonds is 4. The minimum absolute atomic E-state index is 0.0405. The van der Waals surface area contributed by atoms with E-state index in [1.165, 1.54) is 6.07 Å². The number of ether oxygens (including phenoxy) is 1. The van der Waals surface area contributed by atoms with Crippen LogP contribution in [-0.4, -0.2) is 30.1 Å². The van der Waals surface area contributed by atoms with Crippen molar-refractivity contribution in [3.8, 4) is 11.5 Å². The summed E-state index contributed by atoms with van der Waals surface area (Å²) in [5.41, 5.74) is 1.18. The number of carbonyl (C=O) groups is 1. The molecular weight excluding hydrogens is 334 g/mol. The van der Waals surface area contributed by atoms with Crippen molar-refractivity contribution >= 4 is 21.8 Å². The summed E-state index contributed by atoms with van der Waals surface area (Å²) in [6.45, 7) is 0.401. The molecule has 2 rings (SSSR count). The molecule has 0 fully saturated rings. The van der Waals surface area contributed by atoms with Crippen LogP contribution in [0.4, 0.5) is 0 Å². The van der Waals surface area contributed by atoms with Gasteiger partial charge in [-0.1, -0.05) is 34.1 Å². The third-order valence-corrected chi connectivity index (χ3v) is 3.63. The largest absolute Gasteiger partial charge is 0.507 e. The van der Waals surface area contributed by atoms with Gasteiger partial charge in [-0.2, -0.15) is 0 Å². The van der Waals surface area contributed by atoms with Crippen molar-refractivity contribution in [2.45, 2.75) is 6.54 Å². The van der Waals surface area contributed by atoms with Crippen LogP contribution in [0.1, 0.15) is 15.9 Å². The van der Waals surface area contributed by atoms with Crippen LogP contribution in [0.5, 0.6) is 11.5 Å². The number of methoxy groups -OCH3 is 1. The van der Waals surface area contributed by atoms with E-state index in [1.54, 1.807) is 31.2 Å². The fourth-order valence-corrected chi connectivity index (χ4v) is 2.40. The molecule has 1 N–H and O–H groups in total. The molecule has 0 bridgehead atoms. The summed E-state index contributed by atoms with van der Waals surface area (Å²) >= 11 is 3.25. The first-order valence-electron chi connectivity index (χ1n) is 6.39. The predicted molar refractivity (Wildman–Crippen MR) is 84.6 cm³/mol. The Hall–Kier alpha value is -2.01. The molecule has 0 aliphatic rings. The summed E-state index contributed by atoms with van der Waals surface area (Å²) in [5.74, 6) is 0.448. The van der Waals surface area contributed by atoms with Gasteiger partial charge in [-0.15, -0.1) is 0 Å². The first-order chi connectivity index (χ1) is 10.0. The number of phenolic OH excluding ortho intramolecular Hbond substituents is 1. The zero-order valence-electron chi connectivity index (χ0n) is 11.8. The van der Waals surface area contributed by atoms with Gasteiger partial charge in [0.05, 0.1) is 12.7 Å². The summed E-state index contributed by atoms with van der Waals surface area (Å²) < 4.78 is 6.00. The minimum atomic E-state index is -0.245. The summed E-state index contributed by atoms with van der Waals surface area (Å²) in [6, 6.07) is 12.4. The molecule has 2 aromatic rings. The number of amides is 1. The first-order valence-corrected chi connectivity index (χ1v) is 7.18. The monoisotopic (exact) mass is 349 g/mol. The molecule has 0 aliphatic carbocycles.